The Bertz CT molecular complexity index is 3700. The number of benzene rings is 8. The van der Waals surface area contributed by atoms with Crippen LogP contribution >= 0.6 is 0 Å². The normalized spacial score (nSPS) is 12.9. The van der Waals surface area contributed by atoms with E-state index in [0.717, 1.165) is 99.5 Å². The average molecular weight is 813 g/mol. The fourth-order valence-corrected chi connectivity index (χ4v) is 9.54. The lowest BCUT2D eigenvalue weighted by Crippen LogP contribution is -2.25. The Kier molecular flexibility index (Phi) is 7.83. The van der Waals surface area contributed by atoms with Crippen molar-refractivity contribution in [3.8, 4) is 39.6 Å². The number of para-hydroxylation sites is 3. The van der Waals surface area contributed by atoms with Gasteiger partial charge < -0.3 is 23.4 Å². The lowest BCUT2D eigenvalue weighted by molar-refractivity contribution is 0.477. The van der Waals surface area contributed by atoms with Gasteiger partial charge in [-0.05, 0) is 65.7 Å². The second-order valence-electron chi connectivity index (χ2n) is 16.0. The second kappa shape index (κ2) is 14.0. The van der Waals surface area contributed by atoms with Crippen LogP contribution in [0.2, 0.25) is 0 Å². The number of pyridine rings is 1. The molecule has 0 aliphatic carbocycles. The number of anilines is 2. The van der Waals surface area contributed by atoms with Crippen LogP contribution < -0.4 is 14.5 Å². The molecule has 4 aromatic heterocycles. The van der Waals surface area contributed by atoms with Crippen LogP contribution in [0.15, 0.2) is 215 Å². The summed E-state index contributed by atoms with van der Waals surface area (Å²) in [7, 11) is 0. The maximum atomic E-state index is 7.05. The molecule has 0 atom stereocenters. The van der Waals surface area contributed by atoms with Crippen molar-refractivity contribution < 1.29 is 13.6 Å². The predicted octanol–water partition coefficient (Wildman–Crippen LogP) is 14.9. The van der Waals surface area contributed by atoms with E-state index in [1.165, 1.54) is 0 Å². The number of furan rings is 2. The molecule has 0 amide bonds. The number of aromatic nitrogens is 2. The van der Waals surface area contributed by atoms with Crippen LogP contribution in [0.1, 0.15) is 0 Å². The monoisotopic (exact) mass is 812 g/mol. The number of rotatable bonds is 7. The van der Waals surface area contributed by atoms with Crippen molar-refractivity contribution in [2.45, 2.75) is 0 Å². The summed E-state index contributed by atoms with van der Waals surface area (Å²) >= 11 is 0. The molecular weight excluding hydrogens is 777 g/mol. The number of hydrogen-bond acceptors (Lipinski definition) is 6. The smallest absolute Gasteiger partial charge is 0.178 e. The number of ether oxygens (including phenoxy) is 1. The van der Waals surface area contributed by atoms with E-state index in [1.54, 1.807) is 0 Å². The summed E-state index contributed by atoms with van der Waals surface area (Å²) in [6, 6.07) is 65.1. The zero-order valence-electron chi connectivity index (χ0n) is 33.9. The van der Waals surface area contributed by atoms with Gasteiger partial charge in [0.1, 0.15) is 28.3 Å². The molecule has 0 spiro atoms. The first-order chi connectivity index (χ1) is 31.2. The summed E-state index contributed by atoms with van der Waals surface area (Å²) in [4.78, 5) is 9.37. The van der Waals surface area contributed by atoms with Gasteiger partial charge in [-0.1, -0.05) is 121 Å². The van der Waals surface area contributed by atoms with Crippen LogP contribution in [-0.2, 0) is 0 Å². The Balaban J connectivity index is 0.985. The highest BCUT2D eigenvalue weighted by Gasteiger charge is 2.26. The third kappa shape index (κ3) is 5.64. The third-order valence-corrected chi connectivity index (χ3v) is 12.3. The van der Waals surface area contributed by atoms with Crippen molar-refractivity contribution >= 4 is 77.1 Å². The molecule has 12 aromatic rings. The highest BCUT2D eigenvalue weighted by molar-refractivity contribution is 6.26. The summed E-state index contributed by atoms with van der Waals surface area (Å²) in [6.07, 6.45) is 6.17. The molecule has 1 aliphatic rings. The van der Waals surface area contributed by atoms with Gasteiger partial charge in [-0.25, -0.2) is 4.98 Å². The van der Waals surface area contributed by atoms with Gasteiger partial charge in [-0.15, -0.1) is 0 Å². The summed E-state index contributed by atoms with van der Waals surface area (Å²) in [6.45, 7) is 0.574. The van der Waals surface area contributed by atoms with Crippen LogP contribution in [0.5, 0.6) is 11.5 Å². The first-order valence-electron chi connectivity index (χ1n) is 21.1. The maximum absolute atomic E-state index is 7.05. The van der Waals surface area contributed by atoms with Crippen LogP contribution in [0.4, 0.5) is 11.4 Å². The zero-order valence-corrected chi connectivity index (χ0v) is 33.9. The largest absolute Gasteiger partial charge is 0.456 e. The van der Waals surface area contributed by atoms with E-state index in [2.05, 4.69) is 166 Å². The highest BCUT2D eigenvalue weighted by atomic mass is 16.5. The first kappa shape index (κ1) is 35.2. The van der Waals surface area contributed by atoms with Crippen LogP contribution in [0, 0.1) is 0 Å². The van der Waals surface area contributed by atoms with Crippen molar-refractivity contribution in [1.29, 1.82) is 0 Å². The molecule has 5 heterocycles. The van der Waals surface area contributed by atoms with Crippen LogP contribution in [0.25, 0.3) is 93.8 Å². The standard InChI is InChI=1S/C56H36N4O3/c1-3-14-36(15-4-1)40-20-13-21-41(37-16-5-2-6-17-37)55(40)59-31-30-58(35-59)38-32-45-54-50(28-27-49-53(54)44-19-8-10-23-48(44)62-49)63-56(45)51(33-38)61-39-25-26-43-42-18-7-9-22-46(42)60(47(43)34-39)52-24-11-12-29-57-52/h1-34H,35H2. The van der Waals surface area contributed by atoms with Gasteiger partial charge in [0.2, 0.25) is 0 Å². The van der Waals surface area contributed by atoms with Crippen LogP contribution in [0.3, 0.4) is 0 Å². The first-order valence-corrected chi connectivity index (χ1v) is 21.1. The Morgan fingerprint density at radius 2 is 1.14 bits per heavy atom. The van der Waals surface area contributed by atoms with E-state index in [1.807, 2.05) is 54.7 Å². The minimum Gasteiger partial charge on any atom is -0.456 e. The molecule has 13 rings (SSSR count). The van der Waals surface area contributed by atoms with Crippen molar-refractivity contribution in [1.82, 2.24) is 9.55 Å². The van der Waals surface area contributed by atoms with E-state index in [9.17, 15) is 0 Å². The number of hydrogen-bond donors (Lipinski definition) is 0. The van der Waals surface area contributed by atoms with Crippen LogP contribution in [-0.4, -0.2) is 16.2 Å². The summed E-state index contributed by atoms with van der Waals surface area (Å²) in [5, 5.41) is 6.27. The van der Waals surface area contributed by atoms with Gasteiger partial charge in [0.15, 0.2) is 11.3 Å². The average Bonchev–Trinajstić information content (AvgIpc) is 4.14. The minimum atomic E-state index is 0.574. The van der Waals surface area contributed by atoms with Gasteiger partial charge in [0.05, 0.1) is 23.4 Å². The van der Waals surface area contributed by atoms with Gasteiger partial charge in [-0.3, -0.25) is 4.57 Å². The molecule has 0 saturated carbocycles. The minimum absolute atomic E-state index is 0.574. The molecule has 8 aromatic carbocycles. The van der Waals surface area contributed by atoms with Crippen molar-refractivity contribution in [3.05, 3.63) is 207 Å². The molecule has 63 heavy (non-hydrogen) atoms. The maximum Gasteiger partial charge on any atom is 0.178 e. The fourth-order valence-electron chi connectivity index (χ4n) is 9.54. The molecular formula is C56H36N4O3. The molecule has 0 bridgehead atoms. The SMILES string of the molecule is C1=CN(c2c(-c3ccccc3)cccc2-c2ccccc2)CN1c1cc(Oc2ccc3c4ccccc4n(-c4ccccn4)c3c2)c2oc3ccc4oc5ccccc5c4c3c2c1. The van der Waals surface area contributed by atoms with E-state index < -0.39 is 0 Å². The quantitative estimate of drug-likeness (QED) is 0.160. The van der Waals surface area contributed by atoms with Crippen molar-refractivity contribution in [3.63, 3.8) is 0 Å². The number of nitrogens with zero attached hydrogens (tertiary/aromatic N) is 4. The van der Waals surface area contributed by atoms with Gasteiger partial charge in [0.25, 0.3) is 0 Å². The van der Waals surface area contributed by atoms with Crippen molar-refractivity contribution in [2.24, 2.45) is 0 Å². The predicted molar refractivity (Wildman–Crippen MR) is 256 cm³/mol. The van der Waals surface area contributed by atoms with Crippen molar-refractivity contribution in [2.75, 3.05) is 16.5 Å². The highest BCUT2D eigenvalue weighted by Crippen LogP contribution is 2.47. The van der Waals surface area contributed by atoms with E-state index in [-0.39, 0.29) is 0 Å². The molecule has 1 aliphatic heterocycles. The van der Waals surface area contributed by atoms with Gasteiger partial charge >= 0.3 is 0 Å². The molecule has 0 saturated heterocycles. The fraction of sp³-hybridized carbons (Fsp3) is 0.0179. The lowest BCUT2D eigenvalue weighted by atomic mass is 9.95. The van der Waals surface area contributed by atoms with E-state index >= 15 is 0 Å². The lowest BCUT2D eigenvalue weighted by Gasteiger charge is -2.26. The summed E-state index contributed by atoms with van der Waals surface area (Å²) in [5.41, 5.74) is 11.9. The molecule has 0 radical (unpaired) electrons. The van der Waals surface area contributed by atoms with E-state index in [0.29, 0.717) is 23.8 Å². The van der Waals surface area contributed by atoms with Gasteiger partial charge in [-0.2, -0.15) is 0 Å². The topological polar surface area (TPSA) is 59.8 Å². The molecule has 0 N–H and O–H groups in total. The molecule has 0 unspecified atom stereocenters. The molecule has 7 nitrogen and oxygen atoms in total. The Morgan fingerprint density at radius 3 is 1.92 bits per heavy atom. The molecule has 7 heteroatoms. The number of fused-ring (bicyclic) bond motifs is 10. The summed E-state index contributed by atoms with van der Waals surface area (Å²) < 4.78 is 22.5. The second-order valence-corrected chi connectivity index (χ2v) is 16.0. The third-order valence-electron chi connectivity index (χ3n) is 12.3. The zero-order chi connectivity index (χ0) is 41.4. The van der Waals surface area contributed by atoms with Gasteiger partial charge in [0, 0.05) is 79.9 Å². The molecule has 0 fully saturated rings. The Hall–Kier alpha value is -8.55. The van der Waals surface area contributed by atoms with E-state index in [4.69, 9.17) is 18.6 Å². The Labute approximate surface area is 361 Å². The summed E-state index contributed by atoms with van der Waals surface area (Å²) in [5.74, 6) is 2.14. The Morgan fingerprint density at radius 1 is 0.476 bits per heavy atom. The molecule has 298 valence electrons.